The molecule has 1 aliphatic heterocycles. The van der Waals surface area contributed by atoms with E-state index in [4.69, 9.17) is 19.9 Å². The van der Waals surface area contributed by atoms with Gasteiger partial charge >= 0.3 is 0 Å². The first-order chi connectivity index (χ1) is 11.1. The van der Waals surface area contributed by atoms with E-state index in [0.29, 0.717) is 19.0 Å². The number of carbonyl (C=O) groups excluding carboxylic acids is 1. The Kier molecular flexibility index (Phi) is 8.31. The molecule has 3 N–H and O–H groups in total. The van der Waals surface area contributed by atoms with E-state index in [2.05, 4.69) is 5.32 Å². The Morgan fingerprint density at radius 3 is 2.54 bits per heavy atom. The SMILES string of the molecule is COc1ccc(OC)c(C(C)NC(=O)C(N)C2CCOCC2)c1.Cl. The van der Waals surface area contributed by atoms with Crippen molar-refractivity contribution in [3.63, 3.8) is 0 Å². The minimum absolute atomic E-state index is 0. The van der Waals surface area contributed by atoms with Crippen LogP contribution in [-0.4, -0.2) is 39.4 Å². The molecule has 0 bridgehead atoms. The van der Waals surface area contributed by atoms with Gasteiger partial charge in [-0.1, -0.05) is 0 Å². The number of methoxy groups -OCH3 is 2. The van der Waals surface area contributed by atoms with Crippen LogP contribution in [0.5, 0.6) is 11.5 Å². The van der Waals surface area contributed by atoms with E-state index >= 15 is 0 Å². The molecule has 1 aromatic carbocycles. The van der Waals surface area contributed by atoms with Crippen molar-refractivity contribution in [3.8, 4) is 11.5 Å². The topological polar surface area (TPSA) is 82.8 Å². The molecule has 1 saturated heterocycles. The van der Waals surface area contributed by atoms with Crippen LogP contribution in [0.1, 0.15) is 31.4 Å². The number of nitrogens with one attached hydrogen (secondary N) is 1. The highest BCUT2D eigenvalue weighted by Crippen LogP contribution is 2.29. The number of nitrogens with two attached hydrogens (primary N) is 1. The van der Waals surface area contributed by atoms with Crippen LogP contribution >= 0.6 is 12.4 Å². The van der Waals surface area contributed by atoms with Gasteiger partial charge in [-0.25, -0.2) is 0 Å². The van der Waals surface area contributed by atoms with E-state index in [1.54, 1.807) is 14.2 Å². The Morgan fingerprint density at radius 2 is 1.96 bits per heavy atom. The van der Waals surface area contributed by atoms with Crippen LogP contribution in [0.15, 0.2) is 18.2 Å². The van der Waals surface area contributed by atoms with Gasteiger partial charge in [-0.3, -0.25) is 4.79 Å². The molecule has 2 unspecified atom stereocenters. The van der Waals surface area contributed by atoms with E-state index in [0.717, 1.165) is 24.2 Å². The summed E-state index contributed by atoms with van der Waals surface area (Å²) < 4.78 is 15.9. The van der Waals surface area contributed by atoms with Gasteiger partial charge < -0.3 is 25.3 Å². The number of carbonyl (C=O) groups is 1. The third kappa shape index (κ3) is 5.00. The number of hydrogen-bond acceptors (Lipinski definition) is 5. The van der Waals surface area contributed by atoms with Crippen LogP contribution in [0.25, 0.3) is 0 Å². The van der Waals surface area contributed by atoms with Gasteiger partial charge in [0.2, 0.25) is 5.91 Å². The van der Waals surface area contributed by atoms with Crippen LogP contribution < -0.4 is 20.5 Å². The molecule has 2 rings (SSSR count). The molecule has 2 atom stereocenters. The van der Waals surface area contributed by atoms with Crippen LogP contribution in [0.3, 0.4) is 0 Å². The fraction of sp³-hybridized carbons (Fsp3) is 0.588. The van der Waals surface area contributed by atoms with Crippen LogP contribution in [0.4, 0.5) is 0 Å². The number of amides is 1. The lowest BCUT2D eigenvalue weighted by atomic mass is 9.91. The smallest absolute Gasteiger partial charge is 0.237 e. The van der Waals surface area contributed by atoms with Crippen molar-refractivity contribution in [2.75, 3.05) is 27.4 Å². The zero-order valence-corrected chi connectivity index (χ0v) is 15.2. The Labute approximate surface area is 149 Å². The maximum absolute atomic E-state index is 12.4. The van der Waals surface area contributed by atoms with Gasteiger partial charge in [0.05, 0.1) is 26.3 Å². The van der Waals surface area contributed by atoms with E-state index in [1.807, 2.05) is 25.1 Å². The first-order valence-electron chi connectivity index (χ1n) is 7.92. The molecule has 1 aliphatic rings. The summed E-state index contributed by atoms with van der Waals surface area (Å²) in [6, 6.07) is 4.78. The zero-order valence-electron chi connectivity index (χ0n) is 14.4. The molecule has 0 aromatic heterocycles. The maximum atomic E-state index is 12.4. The van der Waals surface area contributed by atoms with Gasteiger partial charge in [0.15, 0.2) is 0 Å². The quantitative estimate of drug-likeness (QED) is 0.813. The monoisotopic (exact) mass is 358 g/mol. The number of rotatable bonds is 6. The Balaban J connectivity index is 0.00000288. The second kappa shape index (κ2) is 9.71. The standard InChI is InChI=1S/C17H26N2O4.ClH/c1-11(14-10-13(21-2)4-5-15(14)22-3)19-17(20)16(18)12-6-8-23-9-7-12;/h4-5,10-12,16H,6-9,18H2,1-3H3,(H,19,20);1H. The largest absolute Gasteiger partial charge is 0.497 e. The summed E-state index contributed by atoms with van der Waals surface area (Å²) >= 11 is 0. The second-order valence-electron chi connectivity index (χ2n) is 5.81. The molecule has 6 nitrogen and oxygen atoms in total. The molecule has 1 fully saturated rings. The summed E-state index contributed by atoms with van der Waals surface area (Å²) in [5, 5.41) is 2.98. The van der Waals surface area contributed by atoms with Gasteiger partial charge in [-0.15, -0.1) is 12.4 Å². The summed E-state index contributed by atoms with van der Waals surface area (Å²) in [5.74, 6) is 1.45. The highest BCUT2D eigenvalue weighted by atomic mass is 35.5. The predicted octanol–water partition coefficient (Wildman–Crippen LogP) is 2.06. The summed E-state index contributed by atoms with van der Waals surface area (Å²) in [6.45, 7) is 3.25. The summed E-state index contributed by atoms with van der Waals surface area (Å²) in [5.41, 5.74) is 6.98. The third-order valence-electron chi connectivity index (χ3n) is 4.34. The van der Waals surface area contributed by atoms with Crippen molar-refractivity contribution >= 4 is 18.3 Å². The average molecular weight is 359 g/mol. The number of halogens is 1. The zero-order chi connectivity index (χ0) is 16.8. The average Bonchev–Trinajstić information content (AvgIpc) is 2.61. The Morgan fingerprint density at radius 1 is 1.29 bits per heavy atom. The Bertz CT molecular complexity index is 535. The fourth-order valence-corrected chi connectivity index (χ4v) is 2.85. The van der Waals surface area contributed by atoms with Crippen LogP contribution in [-0.2, 0) is 9.53 Å². The number of ether oxygens (including phenoxy) is 3. The van der Waals surface area contributed by atoms with E-state index in [-0.39, 0.29) is 30.3 Å². The van der Waals surface area contributed by atoms with Crippen molar-refractivity contribution < 1.29 is 19.0 Å². The van der Waals surface area contributed by atoms with Crippen LogP contribution in [0, 0.1) is 5.92 Å². The summed E-state index contributed by atoms with van der Waals surface area (Å²) in [6.07, 6.45) is 1.65. The molecule has 136 valence electrons. The van der Waals surface area contributed by atoms with E-state index in [1.165, 1.54) is 0 Å². The lowest BCUT2D eigenvalue weighted by molar-refractivity contribution is -0.125. The molecular formula is C17H27ClN2O4. The van der Waals surface area contributed by atoms with Gasteiger partial charge in [-0.05, 0) is 43.9 Å². The molecule has 0 aliphatic carbocycles. The third-order valence-corrected chi connectivity index (χ3v) is 4.34. The highest BCUT2D eigenvalue weighted by molar-refractivity contribution is 5.85. The molecule has 7 heteroatoms. The molecule has 1 amide bonds. The first-order valence-corrected chi connectivity index (χ1v) is 7.92. The van der Waals surface area contributed by atoms with Crippen molar-refractivity contribution in [1.29, 1.82) is 0 Å². The van der Waals surface area contributed by atoms with E-state index < -0.39 is 6.04 Å². The predicted molar refractivity (Wildman–Crippen MR) is 94.9 cm³/mol. The van der Waals surface area contributed by atoms with Crippen LogP contribution in [0.2, 0.25) is 0 Å². The summed E-state index contributed by atoms with van der Waals surface area (Å²) in [7, 11) is 3.21. The molecule has 24 heavy (non-hydrogen) atoms. The number of hydrogen-bond donors (Lipinski definition) is 2. The minimum Gasteiger partial charge on any atom is -0.497 e. The van der Waals surface area contributed by atoms with Gasteiger partial charge in [0.25, 0.3) is 0 Å². The normalized spacial score (nSPS) is 17.3. The fourth-order valence-electron chi connectivity index (χ4n) is 2.85. The second-order valence-corrected chi connectivity index (χ2v) is 5.81. The molecule has 1 aromatic rings. The van der Waals surface area contributed by atoms with Gasteiger partial charge in [0, 0.05) is 18.8 Å². The Hall–Kier alpha value is -1.50. The summed E-state index contributed by atoms with van der Waals surface area (Å²) in [4.78, 5) is 12.4. The maximum Gasteiger partial charge on any atom is 0.237 e. The molecule has 1 heterocycles. The minimum atomic E-state index is -0.516. The van der Waals surface area contributed by atoms with Gasteiger partial charge in [0.1, 0.15) is 11.5 Å². The first kappa shape index (κ1) is 20.5. The molecule has 0 saturated carbocycles. The highest BCUT2D eigenvalue weighted by Gasteiger charge is 2.28. The molecule has 0 spiro atoms. The van der Waals surface area contributed by atoms with Crippen molar-refractivity contribution in [1.82, 2.24) is 5.32 Å². The van der Waals surface area contributed by atoms with Crippen molar-refractivity contribution in [3.05, 3.63) is 23.8 Å². The van der Waals surface area contributed by atoms with E-state index in [9.17, 15) is 4.79 Å². The molecule has 0 radical (unpaired) electrons. The molecular weight excluding hydrogens is 332 g/mol. The lowest BCUT2D eigenvalue weighted by Crippen LogP contribution is -2.47. The van der Waals surface area contributed by atoms with Gasteiger partial charge in [-0.2, -0.15) is 0 Å². The lowest BCUT2D eigenvalue weighted by Gasteiger charge is -2.28. The van der Waals surface area contributed by atoms with Crippen molar-refractivity contribution in [2.45, 2.75) is 31.8 Å². The van der Waals surface area contributed by atoms with Crippen molar-refractivity contribution in [2.24, 2.45) is 11.7 Å². The number of benzene rings is 1.